The normalized spacial score (nSPS) is 11.0. The van der Waals surface area contributed by atoms with E-state index >= 15 is 0 Å². The summed E-state index contributed by atoms with van der Waals surface area (Å²) in [6, 6.07) is 14.7. The molecule has 0 saturated heterocycles. The van der Waals surface area contributed by atoms with Gasteiger partial charge in [0, 0.05) is 11.0 Å². The molecular weight excluding hydrogens is 354 g/mol. The number of nitrogens with one attached hydrogen (secondary N) is 1. The molecule has 0 bridgehead atoms. The van der Waals surface area contributed by atoms with Crippen LogP contribution in [0, 0.1) is 0 Å². The Kier molecular flexibility index (Phi) is 9.56. The van der Waals surface area contributed by atoms with Crippen LogP contribution in [0.4, 0.5) is 5.69 Å². The lowest BCUT2D eigenvalue weighted by Crippen LogP contribution is -2.08. The van der Waals surface area contributed by atoms with Crippen LogP contribution >= 0.6 is 11.8 Å². The van der Waals surface area contributed by atoms with E-state index < -0.39 is 0 Å². The largest absolute Gasteiger partial charge is 0.508 e. The number of anilines is 1. The SMILES string of the molecule is CCCCCCCCSc1ccccc1NC(=O)/C=C/c1ccc(O)cc1. The van der Waals surface area contributed by atoms with Crippen LogP contribution in [-0.4, -0.2) is 16.8 Å². The summed E-state index contributed by atoms with van der Waals surface area (Å²) in [5.41, 5.74) is 1.72. The van der Waals surface area contributed by atoms with Crippen molar-refractivity contribution in [3.63, 3.8) is 0 Å². The molecule has 1 amide bonds. The molecule has 0 heterocycles. The van der Waals surface area contributed by atoms with Gasteiger partial charge in [-0.2, -0.15) is 0 Å². The fourth-order valence-corrected chi connectivity index (χ4v) is 3.71. The zero-order valence-electron chi connectivity index (χ0n) is 16.0. The molecule has 3 nitrogen and oxygen atoms in total. The highest BCUT2D eigenvalue weighted by Gasteiger charge is 2.05. The van der Waals surface area contributed by atoms with Crippen LogP contribution in [0.25, 0.3) is 6.08 Å². The molecule has 4 heteroatoms. The predicted octanol–water partition coefficient (Wildman–Crippen LogP) is 6.50. The first-order valence-electron chi connectivity index (χ1n) is 9.69. The third kappa shape index (κ3) is 8.35. The number of hydrogen-bond acceptors (Lipinski definition) is 3. The number of aromatic hydroxyl groups is 1. The molecular formula is C23H29NO2S. The van der Waals surface area contributed by atoms with Crippen molar-refractivity contribution in [1.82, 2.24) is 0 Å². The van der Waals surface area contributed by atoms with Crippen molar-refractivity contribution in [2.45, 2.75) is 50.3 Å². The van der Waals surface area contributed by atoms with Crippen LogP contribution in [-0.2, 0) is 4.79 Å². The quantitative estimate of drug-likeness (QED) is 0.265. The number of phenols is 1. The van der Waals surface area contributed by atoms with E-state index in [9.17, 15) is 9.90 Å². The van der Waals surface area contributed by atoms with Crippen molar-refractivity contribution < 1.29 is 9.90 Å². The second-order valence-electron chi connectivity index (χ2n) is 6.53. The molecule has 0 aliphatic carbocycles. The van der Waals surface area contributed by atoms with Gasteiger partial charge in [0.2, 0.25) is 5.91 Å². The predicted molar refractivity (Wildman–Crippen MR) is 116 cm³/mol. The van der Waals surface area contributed by atoms with Gasteiger partial charge in [-0.1, -0.05) is 63.3 Å². The molecule has 2 rings (SSSR count). The molecule has 0 spiro atoms. The molecule has 0 unspecified atom stereocenters. The summed E-state index contributed by atoms with van der Waals surface area (Å²) < 4.78 is 0. The molecule has 0 aromatic heterocycles. The summed E-state index contributed by atoms with van der Waals surface area (Å²) in [7, 11) is 0. The van der Waals surface area contributed by atoms with E-state index in [0.29, 0.717) is 0 Å². The minimum absolute atomic E-state index is 0.157. The summed E-state index contributed by atoms with van der Waals surface area (Å²) in [4.78, 5) is 13.3. The lowest BCUT2D eigenvalue weighted by molar-refractivity contribution is -0.111. The van der Waals surface area contributed by atoms with Crippen molar-refractivity contribution in [2.24, 2.45) is 0 Å². The fraction of sp³-hybridized carbons (Fsp3) is 0.348. The number of carbonyl (C=O) groups excluding carboxylic acids is 1. The summed E-state index contributed by atoms with van der Waals surface area (Å²) in [6.07, 6.45) is 11.0. The van der Waals surface area contributed by atoms with Crippen LogP contribution in [0.3, 0.4) is 0 Å². The van der Waals surface area contributed by atoms with E-state index in [4.69, 9.17) is 0 Å². The van der Waals surface area contributed by atoms with Gasteiger partial charge in [-0.05, 0) is 48.1 Å². The first-order valence-corrected chi connectivity index (χ1v) is 10.7. The van der Waals surface area contributed by atoms with Gasteiger partial charge in [0.15, 0.2) is 0 Å². The molecule has 0 aliphatic heterocycles. The van der Waals surface area contributed by atoms with Gasteiger partial charge in [0.05, 0.1) is 5.69 Å². The summed E-state index contributed by atoms with van der Waals surface area (Å²) in [5, 5.41) is 12.3. The second kappa shape index (κ2) is 12.2. The summed E-state index contributed by atoms with van der Waals surface area (Å²) in [5.74, 6) is 1.13. The van der Waals surface area contributed by atoms with E-state index in [1.54, 1.807) is 42.1 Å². The van der Waals surface area contributed by atoms with E-state index in [0.717, 1.165) is 21.9 Å². The highest BCUT2D eigenvalue weighted by atomic mass is 32.2. The Morgan fingerprint density at radius 2 is 1.70 bits per heavy atom. The summed E-state index contributed by atoms with van der Waals surface area (Å²) in [6.45, 7) is 2.24. The lowest BCUT2D eigenvalue weighted by Gasteiger charge is -2.09. The van der Waals surface area contributed by atoms with E-state index in [-0.39, 0.29) is 11.7 Å². The highest BCUT2D eigenvalue weighted by molar-refractivity contribution is 7.99. The maximum absolute atomic E-state index is 12.2. The van der Waals surface area contributed by atoms with Crippen LogP contribution in [0.15, 0.2) is 59.5 Å². The van der Waals surface area contributed by atoms with Crippen molar-refractivity contribution in [3.8, 4) is 5.75 Å². The zero-order valence-corrected chi connectivity index (χ0v) is 16.8. The van der Waals surface area contributed by atoms with Crippen LogP contribution in [0.5, 0.6) is 5.75 Å². The number of para-hydroxylation sites is 1. The standard InChI is InChI=1S/C23H29NO2S/c1-2-3-4-5-6-9-18-27-22-11-8-7-10-21(22)24-23(26)17-14-19-12-15-20(25)16-13-19/h7-8,10-17,25H,2-6,9,18H2,1H3,(H,24,26)/b17-14+. The Morgan fingerprint density at radius 3 is 2.48 bits per heavy atom. The van der Waals surface area contributed by atoms with Crippen LogP contribution in [0.2, 0.25) is 0 Å². The number of carbonyl (C=O) groups is 1. The number of hydrogen-bond donors (Lipinski definition) is 2. The van der Waals surface area contributed by atoms with Crippen molar-refractivity contribution in [2.75, 3.05) is 11.1 Å². The second-order valence-corrected chi connectivity index (χ2v) is 7.66. The van der Waals surface area contributed by atoms with Gasteiger partial charge in [-0.3, -0.25) is 4.79 Å². The molecule has 144 valence electrons. The lowest BCUT2D eigenvalue weighted by atomic mass is 10.1. The van der Waals surface area contributed by atoms with E-state index in [2.05, 4.69) is 18.3 Å². The average molecular weight is 384 g/mol. The minimum Gasteiger partial charge on any atom is -0.508 e. The van der Waals surface area contributed by atoms with E-state index in [1.165, 1.54) is 44.6 Å². The summed E-state index contributed by atoms with van der Waals surface area (Å²) >= 11 is 1.80. The van der Waals surface area contributed by atoms with Crippen LogP contribution in [0.1, 0.15) is 51.0 Å². The molecule has 0 fully saturated rings. The monoisotopic (exact) mass is 383 g/mol. The minimum atomic E-state index is -0.157. The molecule has 0 aliphatic rings. The van der Waals surface area contributed by atoms with Crippen molar-refractivity contribution in [3.05, 3.63) is 60.2 Å². The van der Waals surface area contributed by atoms with Gasteiger partial charge in [-0.25, -0.2) is 0 Å². The maximum atomic E-state index is 12.2. The maximum Gasteiger partial charge on any atom is 0.248 e. The number of thioether (sulfide) groups is 1. The van der Waals surface area contributed by atoms with Crippen LogP contribution < -0.4 is 5.32 Å². The smallest absolute Gasteiger partial charge is 0.248 e. The third-order valence-corrected chi connectivity index (χ3v) is 5.38. The zero-order chi connectivity index (χ0) is 19.3. The van der Waals surface area contributed by atoms with Gasteiger partial charge in [0.1, 0.15) is 5.75 Å². The number of benzene rings is 2. The topological polar surface area (TPSA) is 49.3 Å². The van der Waals surface area contributed by atoms with Gasteiger partial charge >= 0.3 is 0 Å². The number of rotatable bonds is 11. The molecule has 0 radical (unpaired) electrons. The molecule has 27 heavy (non-hydrogen) atoms. The molecule has 2 aromatic rings. The number of amides is 1. The third-order valence-electron chi connectivity index (χ3n) is 4.22. The average Bonchev–Trinajstić information content (AvgIpc) is 2.68. The first kappa shape index (κ1) is 21.1. The van der Waals surface area contributed by atoms with Gasteiger partial charge < -0.3 is 10.4 Å². The Morgan fingerprint density at radius 1 is 1.00 bits per heavy atom. The number of phenolic OH excluding ortho intramolecular Hbond substituents is 1. The number of unbranched alkanes of at least 4 members (excludes halogenated alkanes) is 5. The Labute approximate surface area is 166 Å². The highest BCUT2D eigenvalue weighted by Crippen LogP contribution is 2.28. The Hall–Kier alpha value is -2.20. The molecule has 0 saturated carbocycles. The van der Waals surface area contributed by atoms with Crippen molar-refractivity contribution in [1.29, 1.82) is 0 Å². The fourth-order valence-electron chi connectivity index (χ4n) is 2.69. The Bertz CT molecular complexity index is 725. The van der Waals surface area contributed by atoms with Gasteiger partial charge in [-0.15, -0.1) is 11.8 Å². The van der Waals surface area contributed by atoms with Crippen molar-refractivity contribution >= 4 is 29.4 Å². The van der Waals surface area contributed by atoms with E-state index in [1.807, 2.05) is 18.2 Å². The Balaban J connectivity index is 1.81. The molecule has 2 N–H and O–H groups in total. The molecule has 2 aromatic carbocycles. The first-order chi connectivity index (χ1) is 13.2. The molecule has 0 atom stereocenters. The van der Waals surface area contributed by atoms with Gasteiger partial charge in [0.25, 0.3) is 0 Å².